The van der Waals surface area contributed by atoms with Crippen molar-refractivity contribution in [3.05, 3.63) is 58.8 Å². The highest BCUT2D eigenvalue weighted by Crippen LogP contribution is 2.19. The minimum Gasteiger partial charge on any atom is -0.354 e. The Morgan fingerprint density at radius 1 is 1.08 bits per heavy atom. The molecule has 0 amide bonds. The van der Waals surface area contributed by atoms with Gasteiger partial charge in [0.1, 0.15) is 5.82 Å². The summed E-state index contributed by atoms with van der Waals surface area (Å²) in [6.45, 7) is 11.7. The largest absolute Gasteiger partial charge is 0.354 e. The number of rotatable bonds is 5. The number of nitrogens with zero attached hydrogens (tertiary/aromatic N) is 3. The zero-order chi connectivity index (χ0) is 17.8. The van der Waals surface area contributed by atoms with Crippen LogP contribution in [0.25, 0.3) is 0 Å². The van der Waals surface area contributed by atoms with E-state index in [0.29, 0.717) is 6.04 Å². The van der Waals surface area contributed by atoms with E-state index < -0.39 is 0 Å². The van der Waals surface area contributed by atoms with Gasteiger partial charge in [0.2, 0.25) is 0 Å². The molecule has 2 heterocycles. The first kappa shape index (κ1) is 17.9. The fourth-order valence-electron chi connectivity index (χ4n) is 3.44. The van der Waals surface area contributed by atoms with Crippen molar-refractivity contribution < 1.29 is 0 Å². The van der Waals surface area contributed by atoms with E-state index in [-0.39, 0.29) is 0 Å². The van der Waals surface area contributed by atoms with Gasteiger partial charge < -0.3 is 15.1 Å². The predicted octanol–water partition coefficient (Wildman–Crippen LogP) is 3.30. The second-order valence-electron chi connectivity index (χ2n) is 7.28. The van der Waals surface area contributed by atoms with Gasteiger partial charge in [-0.2, -0.15) is 0 Å². The molecule has 0 bridgehead atoms. The zero-order valence-corrected chi connectivity index (χ0v) is 15.9. The normalized spacial score (nSPS) is 16.9. The van der Waals surface area contributed by atoms with Crippen LogP contribution in [0.4, 0.5) is 5.82 Å². The van der Waals surface area contributed by atoms with Gasteiger partial charge in [-0.25, -0.2) is 4.98 Å². The first-order valence-electron chi connectivity index (χ1n) is 9.22. The van der Waals surface area contributed by atoms with E-state index >= 15 is 0 Å². The van der Waals surface area contributed by atoms with E-state index in [0.717, 1.165) is 38.5 Å². The molecule has 1 fully saturated rings. The Balaban J connectivity index is 1.56. The molecule has 0 unspecified atom stereocenters. The molecule has 4 heteroatoms. The van der Waals surface area contributed by atoms with Crippen LogP contribution in [-0.2, 0) is 6.54 Å². The highest BCUT2D eigenvalue weighted by atomic mass is 15.3. The zero-order valence-electron chi connectivity index (χ0n) is 15.9. The Hall–Kier alpha value is -1.91. The third-order valence-corrected chi connectivity index (χ3v) is 5.14. The lowest BCUT2D eigenvalue weighted by Gasteiger charge is -2.33. The molecule has 134 valence electrons. The molecule has 3 rings (SSSR count). The van der Waals surface area contributed by atoms with Crippen molar-refractivity contribution in [3.63, 3.8) is 0 Å². The Morgan fingerprint density at radius 2 is 1.84 bits per heavy atom. The molecule has 1 aliphatic rings. The maximum absolute atomic E-state index is 4.67. The van der Waals surface area contributed by atoms with Crippen molar-refractivity contribution in [2.24, 2.45) is 0 Å². The van der Waals surface area contributed by atoms with Gasteiger partial charge in [0, 0.05) is 45.0 Å². The fraction of sp³-hybridized carbons (Fsp3) is 0.476. The van der Waals surface area contributed by atoms with Crippen molar-refractivity contribution >= 4 is 5.82 Å². The molecule has 1 atom stereocenters. The highest BCUT2D eigenvalue weighted by Gasteiger charge is 2.15. The summed E-state index contributed by atoms with van der Waals surface area (Å²) in [4.78, 5) is 9.41. The maximum Gasteiger partial charge on any atom is 0.128 e. The summed E-state index contributed by atoms with van der Waals surface area (Å²) in [5, 5.41) is 3.62. The van der Waals surface area contributed by atoms with Gasteiger partial charge in [-0.05, 0) is 50.6 Å². The number of hydrogen-bond donors (Lipinski definition) is 1. The standard InChI is InChI=1S/C21H30N4/c1-16-5-7-20(17(2)13-16)18(3)22-14-19-6-8-21(23-15-19)25-11-9-24(4)10-12-25/h5-8,13,15,18,22H,9-12,14H2,1-4H3/t18-/m0/s1. The second-order valence-corrected chi connectivity index (χ2v) is 7.28. The minimum atomic E-state index is 0.331. The molecule has 4 nitrogen and oxygen atoms in total. The molecule has 1 saturated heterocycles. The van der Waals surface area contributed by atoms with Gasteiger partial charge in [0.05, 0.1) is 0 Å². The second kappa shape index (κ2) is 7.98. The van der Waals surface area contributed by atoms with Gasteiger partial charge in [0.25, 0.3) is 0 Å². The lowest BCUT2D eigenvalue weighted by atomic mass is 10.0. The van der Waals surface area contributed by atoms with E-state index in [4.69, 9.17) is 0 Å². The Labute approximate surface area is 151 Å². The summed E-state index contributed by atoms with van der Waals surface area (Å²) in [6, 6.07) is 11.4. The van der Waals surface area contributed by atoms with Gasteiger partial charge in [0.15, 0.2) is 0 Å². The molecule has 1 N–H and O–H groups in total. The molecule has 0 spiro atoms. The van der Waals surface area contributed by atoms with E-state index in [9.17, 15) is 0 Å². The number of anilines is 1. The third-order valence-electron chi connectivity index (χ3n) is 5.14. The van der Waals surface area contributed by atoms with Gasteiger partial charge in [-0.15, -0.1) is 0 Å². The number of pyridine rings is 1. The first-order valence-corrected chi connectivity index (χ1v) is 9.22. The van der Waals surface area contributed by atoms with Crippen LogP contribution in [0.2, 0.25) is 0 Å². The van der Waals surface area contributed by atoms with Crippen LogP contribution in [0.3, 0.4) is 0 Å². The summed E-state index contributed by atoms with van der Waals surface area (Å²) in [7, 11) is 2.18. The van der Waals surface area contributed by atoms with Crippen LogP contribution in [0.1, 0.15) is 35.2 Å². The monoisotopic (exact) mass is 338 g/mol. The average Bonchev–Trinajstić information content (AvgIpc) is 2.61. The Bertz CT molecular complexity index is 688. The third kappa shape index (κ3) is 4.59. The smallest absolute Gasteiger partial charge is 0.128 e. The molecule has 0 radical (unpaired) electrons. The SMILES string of the molecule is Cc1ccc([C@H](C)NCc2ccc(N3CCN(C)CC3)nc2)c(C)c1. The number of aryl methyl sites for hydroxylation is 2. The lowest BCUT2D eigenvalue weighted by molar-refractivity contribution is 0.312. The van der Waals surface area contributed by atoms with E-state index in [2.05, 4.69) is 78.3 Å². The van der Waals surface area contributed by atoms with Gasteiger partial charge >= 0.3 is 0 Å². The quantitative estimate of drug-likeness (QED) is 0.906. The average molecular weight is 338 g/mol. The predicted molar refractivity (Wildman–Crippen MR) is 105 cm³/mol. The summed E-state index contributed by atoms with van der Waals surface area (Å²) >= 11 is 0. The van der Waals surface area contributed by atoms with Crippen molar-refractivity contribution in [3.8, 4) is 0 Å². The summed E-state index contributed by atoms with van der Waals surface area (Å²) in [5.41, 5.74) is 5.27. The van der Waals surface area contributed by atoms with Gasteiger partial charge in [-0.1, -0.05) is 29.8 Å². The molecule has 1 aromatic carbocycles. The maximum atomic E-state index is 4.67. The van der Waals surface area contributed by atoms with Crippen molar-refractivity contribution in [2.45, 2.75) is 33.4 Å². The van der Waals surface area contributed by atoms with Crippen molar-refractivity contribution in [2.75, 3.05) is 38.1 Å². The summed E-state index contributed by atoms with van der Waals surface area (Å²) in [6.07, 6.45) is 2.01. The van der Waals surface area contributed by atoms with Gasteiger partial charge in [-0.3, -0.25) is 0 Å². The molecular formula is C21H30N4. The van der Waals surface area contributed by atoms with E-state index in [1.54, 1.807) is 0 Å². The van der Waals surface area contributed by atoms with Crippen LogP contribution < -0.4 is 10.2 Å². The Morgan fingerprint density at radius 3 is 2.48 bits per heavy atom. The molecule has 1 aliphatic heterocycles. The molecule has 25 heavy (non-hydrogen) atoms. The number of hydrogen-bond acceptors (Lipinski definition) is 4. The molecule has 0 saturated carbocycles. The first-order chi connectivity index (χ1) is 12.0. The van der Waals surface area contributed by atoms with Crippen molar-refractivity contribution in [1.82, 2.24) is 15.2 Å². The van der Waals surface area contributed by atoms with Crippen LogP contribution in [0.15, 0.2) is 36.5 Å². The lowest BCUT2D eigenvalue weighted by Crippen LogP contribution is -2.44. The fourth-order valence-corrected chi connectivity index (χ4v) is 3.44. The molecule has 1 aromatic heterocycles. The number of piperazine rings is 1. The Kier molecular flexibility index (Phi) is 5.71. The molecule has 2 aromatic rings. The van der Waals surface area contributed by atoms with Crippen LogP contribution in [0, 0.1) is 13.8 Å². The van der Waals surface area contributed by atoms with Crippen molar-refractivity contribution in [1.29, 1.82) is 0 Å². The number of nitrogens with one attached hydrogen (secondary N) is 1. The van der Waals surface area contributed by atoms with Crippen LogP contribution in [-0.4, -0.2) is 43.1 Å². The van der Waals surface area contributed by atoms with E-state index in [1.165, 1.54) is 22.3 Å². The summed E-state index contributed by atoms with van der Waals surface area (Å²) < 4.78 is 0. The highest BCUT2D eigenvalue weighted by molar-refractivity contribution is 5.40. The number of likely N-dealkylation sites (N-methyl/N-ethyl adjacent to an activating group) is 1. The minimum absolute atomic E-state index is 0.331. The molecular weight excluding hydrogens is 308 g/mol. The van der Waals surface area contributed by atoms with E-state index in [1.807, 2.05) is 6.20 Å². The number of aromatic nitrogens is 1. The van der Waals surface area contributed by atoms with Crippen LogP contribution >= 0.6 is 0 Å². The van der Waals surface area contributed by atoms with Crippen LogP contribution in [0.5, 0.6) is 0 Å². The molecule has 0 aliphatic carbocycles. The summed E-state index contributed by atoms with van der Waals surface area (Å²) in [5.74, 6) is 1.10. The topological polar surface area (TPSA) is 31.4 Å². The number of benzene rings is 1.